The van der Waals surface area contributed by atoms with Crippen molar-refractivity contribution in [3.8, 4) is 11.5 Å². The quantitative estimate of drug-likeness (QED) is 0.292. The number of thiazole rings is 1. The number of nitro groups is 1. The molecule has 0 spiro atoms. The van der Waals surface area contributed by atoms with Crippen molar-refractivity contribution in [2.75, 3.05) is 21.3 Å². The fourth-order valence-corrected chi connectivity index (χ4v) is 4.96. The van der Waals surface area contributed by atoms with Crippen LogP contribution in [0.15, 0.2) is 63.5 Å². The summed E-state index contributed by atoms with van der Waals surface area (Å²) >= 11 is 1.13. The van der Waals surface area contributed by atoms with E-state index in [2.05, 4.69) is 4.99 Å². The molecule has 0 fully saturated rings. The Balaban J connectivity index is 1.97. The zero-order chi connectivity index (χ0) is 25.3. The first-order valence-corrected chi connectivity index (χ1v) is 11.2. The van der Waals surface area contributed by atoms with Gasteiger partial charge in [-0.3, -0.25) is 19.5 Å². The zero-order valence-electron chi connectivity index (χ0n) is 19.3. The highest BCUT2D eigenvalue weighted by atomic mass is 32.1. The van der Waals surface area contributed by atoms with Gasteiger partial charge in [-0.1, -0.05) is 29.5 Å². The van der Waals surface area contributed by atoms with Crippen LogP contribution < -0.4 is 24.4 Å². The van der Waals surface area contributed by atoms with E-state index in [-0.39, 0.29) is 11.3 Å². The first-order chi connectivity index (χ1) is 16.8. The Morgan fingerprint density at radius 2 is 1.89 bits per heavy atom. The van der Waals surface area contributed by atoms with Gasteiger partial charge in [0.05, 0.1) is 48.1 Å². The number of carbonyl (C=O) groups is 1. The van der Waals surface area contributed by atoms with Gasteiger partial charge in [0.15, 0.2) is 16.3 Å². The average Bonchev–Trinajstić information content (AvgIpc) is 3.16. The number of rotatable bonds is 6. The normalized spacial score (nSPS) is 15.3. The molecular formula is C24H21N3O7S. The minimum Gasteiger partial charge on any atom is -0.493 e. The number of hydrogen-bond donors (Lipinski definition) is 0. The second-order valence-corrected chi connectivity index (χ2v) is 8.55. The highest BCUT2D eigenvalue weighted by Gasteiger charge is 2.33. The standard InChI is InChI=1S/C24H21N3O7S/c1-13-20(23(29)34-4)21(15-8-9-17(32-2)18(12-15)33-3)26-22(28)19(35-24(26)25-13)11-14-6-5-7-16(10-14)27(30)31/h5-12,21H,1-4H3/b19-11+/t21-/m1/s1. The number of non-ortho nitro benzene ring substituents is 1. The number of allylic oxidation sites excluding steroid dienone is 1. The predicted octanol–water partition coefficient (Wildman–Crippen LogP) is 2.33. The van der Waals surface area contributed by atoms with Crippen LogP contribution >= 0.6 is 11.3 Å². The van der Waals surface area contributed by atoms with Crippen molar-refractivity contribution in [1.82, 2.24) is 4.57 Å². The fourth-order valence-electron chi connectivity index (χ4n) is 3.91. The molecule has 180 valence electrons. The maximum Gasteiger partial charge on any atom is 0.338 e. The van der Waals surface area contributed by atoms with Crippen molar-refractivity contribution in [1.29, 1.82) is 0 Å². The third-order valence-electron chi connectivity index (χ3n) is 5.53. The smallest absolute Gasteiger partial charge is 0.338 e. The van der Waals surface area contributed by atoms with Gasteiger partial charge in [0, 0.05) is 12.1 Å². The van der Waals surface area contributed by atoms with E-state index >= 15 is 0 Å². The Bertz CT molecular complexity index is 1550. The Hall–Kier alpha value is -4.25. The van der Waals surface area contributed by atoms with Gasteiger partial charge in [-0.15, -0.1) is 0 Å². The molecule has 11 heteroatoms. The van der Waals surface area contributed by atoms with Crippen LogP contribution in [0.4, 0.5) is 5.69 Å². The molecule has 0 unspecified atom stereocenters. The minimum absolute atomic E-state index is 0.0847. The lowest BCUT2D eigenvalue weighted by Crippen LogP contribution is -2.39. The number of carbonyl (C=O) groups excluding carboxylic acids is 1. The van der Waals surface area contributed by atoms with Crippen LogP contribution in [-0.4, -0.2) is 36.8 Å². The number of fused-ring (bicyclic) bond motifs is 1. The van der Waals surface area contributed by atoms with Crippen molar-refractivity contribution in [3.63, 3.8) is 0 Å². The van der Waals surface area contributed by atoms with Gasteiger partial charge < -0.3 is 14.2 Å². The summed E-state index contributed by atoms with van der Waals surface area (Å²) in [6.45, 7) is 1.68. The Morgan fingerprint density at radius 3 is 2.54 bits per heavy atom. The summed E-state index contributed by atoms with van der Waals surface area (Å²) in [5.74, 6) is 0.316. The van der Waals surface area contributed by atoms with Crippen molar-refractivity contribution < 1.29 is 23.9 Å². The highest BCUT2D eigenvalue weighted by Crippen LogP contribution is 2.35. The molecule has 1 atom stereocenters. The van der Waals surface area contributed by atoms with Crippen LogP contribution in [-0.2, 0) is 9.53 Å². The molecule has 1 aliphatic rings. The number of benzene rings is 2. The van der Waals surface area contributed by atoms with Gasteiger partial charge in [0.1, 0.15) is 0 Å². The molecule has 4 rings (SSSR count). The molecule has 2 heterocycles. The second-order valence-electron chi connectivity index (χ2n) is 7.54. The molecule has 10 nitrogen and oxygen atoms in total. The zero-order valence-corrected chi connectivity index (χ0v) is 20.1. The lowest BCUT2D eigenvalue weighted by Gasteiger charge is -2.25. The van der Waals surface area contributed by atoms with E-state index < -0.39 is 22.5 Å². The molecule has 0 aliphatic carbocycles. The molecule has 35 heavy (non-hydrogen) atoms. The third kappa shape index (κ3) is 4.33. The summed E-state index contributed by atoms with van der Waals surface area (Å²) in [6.07, 6.45) is 1.57. The molecule has 0 amide bonds. The fraction of sp³-hybridized carbons (Fsp3) is 0.208. The van der Waals surface area contributed by atoms with E-state index in [9.17, 15) is 19.7 Å². The van der Waals surface area contributed by atoms with Crippen LogP contribution in [0, 0.1) is 10.1 Å². The molecule has 0 bridgehead atoms. The molecule has 0 radical (unpaired) electrons. The summed E-state index contributed by atoms with van der Waals surface area (Å²) in [5.41, 5.74) is 1.25. The second kappa shape index (κ2) is 9.55. The van der Waals surface area contributed by atoms with Gasteiger partial charge in [-0.2, -0.15) is 0 Å². The summed E-state index contributed by atoms with van der Waals surface area (Å²) in [4.78, 5) is 41.9. The lowest BCUT2D eigenvalue weighted by molar-refractivity contribution is -0.384. The van der Waals surface area contributed by atoms with Crippen LogP contribution in [0.2, 0.25) is 0 Å². The number of nitrogens with zero attached hydrogens (tertiary/aromatic N) is 3. The van der Waals surface area contributed by atoms with E-state index in [1.165, 1.54) is 38.0 Å². The number of aromatic nitrogens is 1. The van der Waals surface area contributed by atoms with Crippen molar-refractivity contribution >= 4 is 29.1 Å². The number of esters is 1. The summed E-state index contributed by atoms with van der Waals surface area (Å²) in [5, 5.41) is 11.1. The van der Waals surface area contributed by atoms with E-state index in [1.807, 2.05) is 0 Å². The molecule has 1 aliphatic heterocycles. The van der Waals surface area contributed by atoms with E-state index in [4.69, 9.17) is 14.2 Å². The van der Waals surface area contributed by atoms with Crippen molar-refractivity contribution in [2.24, 2.45) is 4.99 Å². The first kappa shape index (κ1) is 23.9. The molecule has 3 aromatic rings. The van der Waals surface area contributed by atoms with Crippen LogP contribution in [0.1, 0.15) is 24.1 Å². The van der Waals surface area contributed by atoms with Crippen LogP contribution in [0.25, 0.3) is 6.08 Å². The molecule has 0 N–H and O–H groups in total. The number of hydrogen-bond acceptors (Lipinski definition) is 9. The number of ether oxygens (including phenoxy) is 3. The molecular weight excluding hydrogens is 474 g/mol. The van der Waals surface area contributed by atoms with Crippen molar-refractivity contribution in [2.45, 2.75) is 13.0 Å². The third-order valence-corrected chi connectivity index (χ3v) is 6.51. The molecule has 0 saturated carbocycles. The average molecular weight is 496 g/mol. The number of methoxy groups -OCH3 is 3. The minimum atomic E-state index is -0.828. The van der Waals surface area contributed by atoms with Gasteiger partial charge in [-0.25, -0.2) is 9.79 Å². The van der Waals surface area contributed by atoms with E-state index in [0.717, 1.165) is 11.3 Å². The van der Waals surface area contributed by atoms with E-state index in [1.54, 1.807) is 43.3 Å². The van der Waals surface area contributed by atoms with Crippen LogP contribution in [0.5, 0.6) is 11.5 Å². The number of nitro benzene ring substituents is 1. The Labute approximate surface area is 203 Å². The Kier molecular flexibility index (Phi) is 6.52. The summed E-state index contributed by atoms with van der Waals surface area (Å²) in [7, 11) is 4.27. The lowest BCUT2D eigenvalue weighted by atomic mass is 9.95. The topological polar surface area (TPSA) is 122 Å². The highest BCUT2D eigenvalue weighted by molar-refractivity contribution is 7.07. The van der Waals surface area contributed by atoms with Crippen molar-refractivity contribution in [3.05, 3.63) is 94.7 Å². The molecule has 1 aromatic heterocycles. The maximum absolute atomic E-state index is 13.6. The SMILES string of the molecule is COC(=O)C1=C(C)N=c2s/c(=C/c3cccc([N+](=O)[O-])c3)c(=O)n2[C@@H]1c1ccc(OC)c(OC)c1. The largest absolute Gasteiger partial charge is 0.493 e. The first-order valence-electron chi connectivity index (χ1n) is 10.4. The van der Waals surface area contributed by atoms with Crippen LogP contribution in [0.3, 0.4) is 0 Å². The Morgan fingerprint density at radius 1 is 1.14 bits per heavy atom. The van der Waals surface area contributed by atoms with Gasteiger partial charge in [0.25, 0.3) is 11.2 Å². The maximum atomic E-state index is 13.6. The summed E-state index contributed by atoms with van der Waals surface area (Å²) < 4.78 is 17.5. The van der Waals surface area contributed by atoms with Gasteiger partial charge in [-0.05, 0) is 36.3 Å². The van der Waals surface area contributed by atoms with E-state index in [0.29, 0.717) is 37.7 Å². The molecule has 0 saturated heterocycles. The van der Waals surface area contributed by atoms with Gasteiger partial charge in [0.2, 0.25) is 0 Å². The molecule has 2 aromatic carbocycles. The summed E-state index contributed by atoms with van der Waals surface area (Å²) in [6, 6.07) is 10.3. The van der Waals surface area contributed by atoms with Gasteiger partial charge >= 0.3 is 5.97 Å². The monoisotopic (exact) mass is 495 g/mol. The predicted molar refractivity (Wildman–Crippen MR) is 128 cm³/mol.